The minimum atomic E-state index is -0.920. The maximum Gasteiger partial charge on any atom is 0.303 e. The van der Waals surface area contributed by atoms with Crippen molar-refractivity contribution < 1.29 is 14.7 Å². The predicted octanol–water partition coefficient (Wildman–Crippen LogP) is 0.680. The molecule has 2 heterocycles. The lowest BCUT2D eigenvalue weighted by molar-refractivity contribution is -0.137. The van der Waals surface area contributed by atoms with Crippen LogP contribution in [-0.2, 0) is 9.59 Å². The Morgan fingerprint density at radius 1 is 1.56 bits per heavy atom. The zero-order valence-corrected chi connectivity index (χ0v) is 9.78. The number of hydrogen-bond donors (Lipinski definition) is 1. The number of carboxylic acids is 1. The summed E-state index contributed by atoms with van der Waals surface area (Å²) in [7, 11) is 0. The molecule has 0 spiro atoms. The maximum absolute atomic E-state index is 12.1. The Morgan fingerprint density at radius 2 is 2.33 bits per heavy atom. The lowest BCUT2D eigenvalue weighted by atomic mass is 9.98. The van der Waals surface area contributed by atoms with Crippen molar-refractivity contribution in [3.8, 4) is 0 Å². The molecule has 0 aromatic carbocycles. The summed E-state index contributed by atoms with van der Waals surface area (Å²) in [5, 5.41) is 14.0. The molecule has 7 nitrogen and oxygen atoms in total. The lowest BCUT2D eigenvalue weighted by Crippen LogP contribution is -2.28. The highest BCUT2D eigenvalue weighted by molar-refractivity contribution is 6.14. The standard InChI is InChI=1S/C11H12N4O3/c1-7-8(2-3-10(16)17)11(18)15(14-7)9-4-5-12-6-13-9/h4-6,8H,2-3H2,1H3,(H,16,17). The molecule has 1 aromatic heterocycles. The number of anilines is 1. The second-order valence-electron chi connectivity index (χ2n) is 3.94. The molecule has 0 fully saturated rings. The molecular weight excluding hydrogens is 236 g/mol. The Kier molecular flexibility index (Phi) is 3.31. The van der Waals surface area contributed by atoms with Gasteiger partial charge in [0.15, 0.2) is 5.82 Å². The first-order chi connectivity index (χ1) is 8.59. The van der Waals surface area contributed by atoms with Crippen LogP contribution in [0.25, 0.3) is 0 Å². The van der Waals surface area contributed by atoms with Gasteiger partial charge in [-0.1, -0.05) is 0 Å². The molecule has 0 aliphatic carbocycles. The summed E-state index contributed by atoms with van der Waals surface area (Å²) in [5.41, 5.74) is 0.611. The van der Waals surface area contributed by atoms with E-state index in [-0.39, 0.29) is 18.7 Å². The van der Waals surface area contributed by atoms with Crippen LogP contribution in [-0.4, -0.2) is 32.7 Å². The van der Waals surface area contributed by atoms with Crippen LogP contribution in [0.2, 0.25) is 0 Å². The number of aliphatic carboxylic acids is 1. The molecule has 2 rings (SSSR count). The molecule has 1 unspecified atom stereocenters. The van der Waals surface area contributed by atoms with Gasteiger partial charge >= 0.3 is 5.97 Å². The van der Waals surface area contributed by atoms with Gasteiger partial charge in [0.1, 0.15) is 6.33 Å². The van der Waals surface area contributed by atoms with Crippen LogP contribution >= 0.6 is 0 Å². The smallest absolute Gasteiger partial charge is 0.303 e. The molecule has 1 atom stereocenters. The first-order valence-electron chi connectivity index (χ1n) is 5.46. The normalized spacial score (nSPS) is 18.9. The molecule has 94 valence electrons. The molecule has 1 N–H and O–H groups in total. The molecule has 1 amide bonds. The number of nitrogens with zero attached hydrogens (tertiary/aromatic N) is 4. The second-order valence-corrected chi connectivity index (χ2v) is 3.94. The van der Waals surface area contributed by atoms with Crippen LogP contribution in [0.3, 0.4) is 0 Å². The van der Waals surface area contributed by atoms with E-state index in [0.29, 0.717) is 11.5 Å². The van der Waals surface area contributed by atoms with E-state index in [0.717, 1.165) is 0 Å². The van der Waals surface area contributed by atoms with E-state index in [1.54, 1.807) is 13.0 Å². The van der Waals surface area contributed by atoms with Crippen molar-refractivity contribution in [3.05, 3.63) is 18.6 Å². The van der Waals surface area contributed by atoms with Crippen LogP contribution < -0.4 is 5.01 Å². The van der Waals surface area contributed by atoms with E-state index in [1.807, 2.05) is 0 Å². The van der Waals surface area contributed by atoms with Gasteiger partial charge < -0.3 is 5.11 Å². The van der Waals surface area contributed by atoms with Gasteiger partial charge in [0.2, 0.25) is 0 Å². The molecule has 7 heteroatoms. The average molecular weight is 248 g/mol. The van der Waals surface area contributed by atoms with Gasteiger partial charge in [0.25, 0.3) is 5.91 Å². The average Bonchev–Trinajstić information content (AvgIpc) is 2.63. The first-order valence-corrected chi connectivity index (χ1v) is 5.46. The summed E-state index contributed by atoms with van der Waals surface area (Å²) >= 11 is 0. The monoisotopic (exact) mass is 248 g/mol. The zero-order valence-electron chi connectivity index (χ0n) is 9.78. The molecule has 1 aromatic rings. The van der Waals surface area contributed by atoms with Crippen molar-refractivity contribution in [3.63, 3.8) is 0 Å². The number of carboxylic acid groups (broad SMARTS) is 1. The number of hydrogen-bond acceptors (Lipinski definition) is 5. The fourth-order valence-corrected chi connectivity index (χ4v) is 1.78. The molecule has 1 aliphatic heterocycles. The Balaban J connectivity index is 2.14. The summed E-state index contributed by atoms with van der Waals surface area (Å²) in [6.07, 6.45) is 3.05. The summed E-state index contributed by atoms with van der Waals surface area (Å²) in [5.74, 6) is -1.24. The van der Waals surface area contributed by atoms with E-state index in [4.69, 9.17) is 5.11 Å². The molecule has 18 heavy (non-hydrogen) atoms. The van der Waals surface area contributed by atoms with Gasteiger partial charge in [0, 0.05) is 24.4 Å². The third-order valence-electron chi connectivity index (χ3n) is 2.70. The van der Waals surface area contributed by atoms with Crippen LogP contribution in [0.15, 0.2) is 23.7 Å². The van der Waals surface area contributed by atoms with Crippen molar-refractivity contribution in [2.45, 2.75) is 19.8 Å². The number of hydrazone groups is 1. The van der Waals surface area contributed by atoms with Crippen molar-refractivity contribution in [1.29, 1.82) is 0 Å². The van der Waals surface area contributed by atoms with E-state index in [1.165, 1.54) is 17.5 Å². The number of aromatic nitrogens is 2. The van der Waals surface area contributed by atoms with Crippen molar-refractivity contribution >= 4 is 23.4 Å². The summed E-state index contributed by atoms with van der Waals surface area (Å²) in [4.78, 5) is 30.3. The molecule has 0 radical (unpaired) electrons. The quantitative estimate of drug-likeness (QED) is 0.845. The fourth-order valence-electron chi connectivity index (χ4n) is 1.78. The van der Waals surface area contributed by atoms with Crippen LogP contribution in [0.1, 0.15) is 19.8 Å². The minimum Gasteiger partial charge on any atom is -0.481 e. The van der Waals surface area contributed by atoms with E-state index in [2.05, 4.69) is 15.1 Å². The number of amides is 1. The van der Waals surface area contributed by atoms with E-state index < -0.39 is 11.9 Å². The minimum absolute atomic E-state index is 0.0547. The van der Waals surface area contributed by atoms with Gasteiger partial charge in [-0.25, -0.2) is 9.97 Å². The number of carbonyl (C=O) groups is 2. The highest BCUT2D eigenvalue weighted by atomic mass is 16.4. The Morgan fingerprint density at radius 3 is 2.94 bits per heavy atom. The van der Waals surface area contributed by atoms with Crippen molar-refractivity contribution in [1.82, 2.24) is 9.97 Å². The first kappa shape index (κ1) is 12.2. The third kappa shape index (κ3) is 2.34. The molecular formula is C11H12N4O3. The van der Waals surface area contributed by atoms with E-state index in [9.17, 15) is 9.59 Å². The Hall–Kier alpha value is -2.31. The molecule has 0 bridgehead atoms. The van der Waals surface area contributed by atoms with Gasteiger partial charge in [-0.05, 0) is 13.3 Å². The maximum atomic E-state index is 12.1. The highest BCUT2D eigenvalue weighted by Crippen LogP contribution is 2.24. The van der Waals surface area contributed by atoms with Crippen LogP contribution in [0.5, 0.6) is 0 Å². The number of carbonyl (C=O) groups excluding carboxylic acids is 1. The third-order valence-corrected chi connectivity index (χ3v) is 2.70. The topological polar surface area (TPSA) is 95.8 Å². The molecule has 1 aliphatic rings. The molecule has 0 saturated heterocycles. The van der Waals surface area contributed by atoms with Crippen molar-refractivity contribution in [2.75, 3.05) is 5.01 Å². The summed E-state index contributed by atoms with van der Waals surface area (Å²) in [6, 6.07) is 1.58. The van der Waals surface area contributed by atoms with Crippen LogP contribution in [0.4, 0.5) is 5.82 Å². The summed E-state index contributed by atoms with van der Waals surface area (Å²) < 4.78 is 0. The highest BCUT2D eigenvalue weighted by Gasteiger charge is 2.34. The van der Waals surface area contributed by atoms with Crippen molar-refractivity contribution in [2.24, 2.45) is 11.0 Å². The van der Waals surface area contributed by atoms with Gasteiger partial charge in [-0.2, -0.15) is 10.1 Å². The summed E-state index contributed by atoms with van der Waals surface area (Å²) in [6.45, 7) is 1.71. The van der Waals surface area contributed by atoms with E-state index >= 15 is 0 Å². The number of rotatable bonds is 4. The van der Waals surface area contributed by atoms with Crippen LogP contribution in [0, 0.1) is 5.92 Å². The predicted molar refractivity (Wildman–Crippen MR) is 63.0 cm³/mol. The Labute approximate surface area is 103 Å². The molecule has 0 saturated carbocycles. The van der Waals surface area contributed by atoms with Gasteiger partial charge in [-0.15, -0.1) is 0 Å². The SMILES string of the molecule is CC1=NN(c2ccncn2)C(=O)C1CCC(=O)O. The second kappa shape index (κ2) is 4.91. The lowest BCUT2D eigenvalue weighted by Gasteiger charge is -2.12. The zero-order chi connectivity index (χ0) is 13.1. The van der Waals surface area contributed by atoms with Gasteiger partial charge in [0.05, 0.1) is 5.92 Å². The fraction of sp³-hybridized carbons (Fsp3) is 0.364. The van der Waals surface area contributed by atoms with Gasteiger partial charge in [-0.3, -0.25) is 9.59 Å². The largest absolute Gasteiger partial charge is 0.481 e. The Bertz CT molecular complexity index is 500.